The van der Waals surface area contributed by atoms with Crippen molar-refractivity contribution >= 4 is 39.3 Å². The van der Waals surface area contributed by atoms with Gasteiger partial charge >= 0.3 is 5.97 Å². The van der Waals surface area contributed by atoms with E-state index in [1.165, 1.54) is 39.5 Å². The van der Waals surface area contributed by atoms with Crippen LogP contribution in [0.4, 0.5) is 0 Å². The number of nitrogens with zero attached hydrogens (tertiary/aromatic N) is 2. The van der Waals surface area contributed by atoms with E-state index in [1.54, 1.807) is 35.0 Å². The van der Waals surface area contributed by atoms with Gasteiger partial charge in [0.15, 0.2) is 11.5 Å². The molecule has 0 unspecified atom stereocenters. The molecule has 0 saturated heterocycles. The van der Waals surface area contributed by atoms with Crippen molar-refractivity contribution in [3.05, 3.63) is 59.0 Å². The van der Waals surface area contributed by atoms with E-state index in [-0.39, 0.29) is 22.9 Å². The van der Waals surface area contributed by atoms with Crippen molar-refractivity contribution in [2.45, 2.75) is 11.4 Å². The number of esters is 1. The maximum absolute atomic E-state index is 13.1. The molecule has 0 aliphatic heterocycles. The van der Waals surface area contributed by atoms with Crippen molar-refractivity contribution in [1.29, 1.82) is 0 Å². The normalized spacial score (nSPS) is 11.7. The molecule has 11 heteroatoms. The van der Waals surface area contributed by atoms with Gasteiger partial charge in [-0.05, 0) is 35.9 Å². The van der Waals surface area contributed by atoms with Crippen LogP contribution in [0, 0.1) is 0 Å². The Balaban J connectivity index is 1.93. The molecule has 0 aliphatic rings. The van der Waals surface area contributed by atoms with Gasteiger partial charge in [-0.1, -0.05) is 11.6 Å². The number of halogens is 1. The Labute approximate surface area is 184 Å². The SMILES string of the molecule is COC(=O)/C=C/c1cc(OC)c(OC)c(S(=O)(=O)NCc2cn3cc(Cl)ccc3n2)c1. The first-order valence-electron chi connectivity index (χ1n) is 8.92. The molecule has 0 saturated carbocycles. The van der Waals surface area contributed by atoms with E-state index >= 15 is 0 Å². The molecule has 0 atom stereocenters. The van der Waals surface area contributed by atoms with Gasteiger partial charge in [-0.3, -0.25) is 0 Å². The smallest absolute Gasteiger partial charge is 0.330 e. The second-order valence-corrected chi connectivity index (χ2v) is 8.45. The van der Waals surface area contributed by atoms with Crippen molar-refractivity contribution < 1.29 is 27.4 Å². The second-order valence-electron chi connectivity index (χ2n) is 6.28. The summed E-state index contributed by atoms with van der Waals surface area (Å²) in [5.74, 6) is -0.353. The topological polar surface area (TPSA) is 108 Å². The number of pyridine rings is 1. The van der Waals surface area contributed by atoms with E-state index in [4.69, 9.17) is 21.1 Å². The van der Waals surface area contributed by atoms with Crippen LogP contribution in [0.1, 0.15) is 11.3 Å². The molecule has 0 fully saturated rings. The van der Waals surface area contributed by atoms with Crippen LogP contribution < -0.4 is 14.2 Å². The summed E-state index contributed by atoms with van der Waals surface area (Å²) in [7, 11) is -0.0559. The molecule has 0 amide bonds. The van der Waals surface area contributed by atoms with Crippen LogP contribution in [0.25, 0.3) is 11.7 Å². The molecule has 2 heterocycles. The summed E-state index contributed by atoms with van der Waals surface area (Å²) in [6.07, 6.45) is 5.94. The fourth-order valence-electron chi connectivity index (χ4n) is 2.83. The zero-order valence-corrected chi connectivity index (χ0v) is 18.5. The average Bonchev–Trinajstić information content (AvgIpc) is 3.17. The molecule has 2 aromatic heterocycles. The number of imidazole rings is 1. The van der Waals surface area contributed by atoms with Crippen molar-refractivity contribution in [3.63, 3.8) is 0 Å². The molecule has 0 aliphatic carbocycles. The Bertz CT molecular complexity index is 1250. The minimum absolute atomic E-state index is 0.0343. The molecule has 164 valence electrons. The highest BCUT2D eigenvalue weighted by Crippen LogP contribution is 2.36. The van der Waals surface area contributed by atoms with E-state index in [0.29, 0.717) is 21.9 Å². The number of sulfonamides is 1. The Morgan fingerprint density at radius 3 is 2.65 bits per heavy atom. The third-order valence-electron chi connectivity index (χ3n) is 4.28. The zero-order chi connectivity index (χ0) is 22.6. The number of hydrogen-bond donors (Lipinski definition) is 1. The van der Waals surface area contributed by atoms with Gasteiger partial charge in [0.05, 0.1) is 38.6 Å². The van der Waals surface area contributed by atoms with E-state index < -0.39 is 16.0 Å². The predicted molar refractivity (Wildman–Crippen MR) is 115 cm³/mol. The maximum atomic E-state index is 13.1. The molecule has 3 aromatic rings. The third-order valence-corrected chi connectivity index (χ3v) is 5.91. The third kappa shape index (κ3) is 5.16. The Morgan fingerprint density at radius 2 is 1.97 bits per heavy atom. The molecule has 1 N–H and O–H groups in total. The summed E-state index contributed by atoms with van der Waals surface area (Å²) in [4.78, 5) is 15.6. The first kappa shape index (κ1) is 22.6. The van der Waals surface area contributed by atoms with E-state index in [9.17, 15) is 13.2 Å². The van der Waals surface area contributed by atoms with Crippen LogP contribution in [-0.4, -0.2) is 45.1 Å². The predicted octanol–water partition coefficient (Wildman–Crippen LogP) is 2.67. The van der Waals surface area contributed by atoms with Crippen LogP contribution in [-0.2, 0) is 26.1 Å². The van der Waals surface area contributed by atoms with Crippen molar-refractivity contribution in [2.24, 2.45) is 0 Å². The lowest BCUT2D eigenvalue weighted by atomic mass is 10.2. The van der Waals surface area contributed by atoms with Gasteiger partial charge in [0.25, 0.3) is 0 Å². The van der Waals surface area contributed by atoms with Crippen LogP contribution in [0.5, 0.6) is 11.5 Å². The molecule has 1 aromatic carbocycles. The largest absolute Gasteiger partial charge is 0.493 e. The minimum Gasteiger partial charge on any atom is -0.493 e. The van der Waals surface area contributed by atoms with Crippen LogP contribution >= 0.6 is 11.6 Å². The Hall–Kier alpha value is -3.08. The highest BCUT2D eigenvalue weighted by atomic mass is 35.5. The zero-order valence-electron chi connectivity index (χ0n) is 17.0. The Kier molecular flexibility index (Phi) is 6.84. The van der Waals surface area contributed by atoms with Gasteiger partial charge in [-0.15, -0.1) is 0 Å². The summed E-state index contributed by atoms with van der Waals surface area (Å²) in [6.45, 7) is -0.0602. The molecule has 31 heavy (non-hydrogen) atoms. The number of benzene rings is 1. The highest BCUT2D eigenvalue weighted by molar-refractivity contribution is 7.89. The number of rotatable bonds is 8. The summed E-state index contributed by atoms with van der Waals surface area (Å²) in [5, 5.41) is 0.533. The maximum Gasteiger partial charge on any atom is 0.330 e. The molecular weight excluding hydrogens is 446 g/mol. The van der Waals surface area contributed by atoms with E-state index in [0.717, 1.165) is 0 Å². The van der Waals surface area contributed by atoms with Gasteiger partial charge in [-0.2, -0.15) is 0 Å². The van der Waals surface area contributed by atoms with Gasteiger partial charge in [-0.25, -0.2) is 22.9 Å². The van der Waals surface area contributed by atoms with Crippen molar-refractivity contribution in [1.82, 2.24) is 14.1 Å². The summed E-state index contributed by atoms with van der Waals surface area (Å²) >= 11 is 5.97. The second kappa shape index (κ2) is 9.38. The van der Waals surface area contributed by atoms with Crippen LogP contribution in [0.15, 0.2) is 47.6 Å². The van der Waals surface area contributed by atoms with E-state index in [1.807, 2.05) is 0 Å². The van der Waals surface area contributed by atoms with E-state index in [2.05, 4.69) is 14.4 Å². The van der Waals surface area contributed by atoms with Gasteiger partial charge in [0.1, 0.15) is 10.5 Å². The highest BCUT2D eigenvalue weighted by Gasteiger charge is 2.24. The molecule has 0 radical (unpaired) electrons. The Morgan fingerprint density at radius 1 is 1.19 bits per heavy atom. The summed E-state index contributed by atoms with van der Waals surface area (Å²) in [6, 6.07) is 6.34. The van der Waals surface area contributed by atoms with Crippen molar-refractivity contribution in [2.75, 3.05) is 21.3 Å². The van der Waals surface area contributed by atoms with Crippen LogP contribution in [0.2, 0.25) is 5.02 Å². The monoisotopic (exact) mass is 465 g/mol. The molecule has 0 spiro atoms. The average molecular weight is 466 g/mol. The number of carbonyl (C=O) groups is 1. The van der Waals surface area contributed by atoms with Crippen LogP contribution in [0.3, 0.4) is 0 Å². The fraction of sp³-hybridized carbons (Fsp3) is 0.200. The fourth-order valence-corrected chi connectivity index (χ4v) is 4.21. The summed E-state index contributed by atoms with van der Waals surface area (Å²) < 4.78 is 45.4. The molecule has 3 rings (SSSR count). The lowest BCUT2D eigenvalue weighted by Crippen LogP contribution is -2.24. The number of methoxy groups -OCH3 is 3. The lowest BCUT2D eigenvalue weighted by molar-refractivity contribution is -0.134. The van der Waals surface area contributed by atoms with Gasteiger partial charge in [0.2, 0.25) is 10.0 Å². The number of fused-ring (bicyclic) bond motifs is 1. The standard InChI is InChI=1S/C20H20ClN3O6S/c1-28-16-8-13(4-7-19(25)29-2)9-17(20(16)30-3)31(26,27)22-10-15-12-24-11-14(21)5-6-18(24)23-15/h4-9,11-12,22H,10H2,1-3H3/b7-4+. The first-order valence-corrected chi connectivity index (χ1v) is 10.8. The molecule has 9 nitrogen and oxygen atoms in total. The quantitative estimate of drug-likeness (QED) is 0.402. The number of ether oxygens (including phenoxy) is 3. The lowest BCUT2D eigenvalue weighted by Gasteiger charge is -2.14. The van der Waals surface area contributed by atoms with Gasteiger partial charge in [0, 0.05) is 18.5 Å². The van der Waals surface area contributed by atoms with Gasteiger partial charge < -0.3 is 18.6 Å². The van der Waals surface area contributed by atoms with Crippen molar-refractivity contribution in [3.8, 4) is 11.5 Å². The number of carbonyl (C=O) groups excluding carboxylic acids is 1. The number of hydrogen-bond acceptors (Lipinski definition) is 7. The first-order chi connectivity index (χ1) is 14.8. The molecule has 0 bridgehead atoms. The number of nitrogens with one attached hydrogen (secondary N) is 1. The summed E-state index contributed by atoms with van der Waals surface area (Å²) in [5.41, 5.74) is 1.54. The number of aromatic nitrogens is 2. The minimum atomic E-state index is -4.03. The molecular formula is C20H20ClN3O6S.